The van der Waals surface area contributed by atoms with Gasteiger partial charge in [-0.2, -0.15) is 0 Å². The highest BCUT2D eigenvalue weighted by molar-refractivity contribution is 5.39. The van der Waals surface area contributed by atoms with Crippen LogP contribution >= 0.6 is 0 Å². The van der Waals surface area contributed by atoms with Crippen molar-refractivity contribution in [1.29, 1.82) is 0 Å². The minimum absolute atomic E-state index is 0.0323. The van der Waals surface area contributed by atoms with Crippen molar-refractivity contribution in [2.24, 2.45) is 0 Å². The fourth-order valence-corrected chi connectivity index (χ4v) is 1.83. The molecule has 0 saturated heterocycles. The zero-order valence-electron chi connectivity index (χ0n) is 12.0. The summed E-state index contributed by atoms with van der Waals surface area (Å²) in [4.78, 5) is 0. The molecule has 0 spiro atoms. The molecule has 2 unspecified atom stereocenters. The number of aryl methyl sites for hydroxylation is 1. The lowest BCUT2D eigenvalue weighted by molar-refractivity contribution is 0.265. The molecule has 100 valence electrons. The third kappa shape index (κ3) is 4.19. The van der Waals surface area contributed by atoms with Crippen LogP contribution in [0.3, 0.4) is 0 Å². The molecule has 2 heteroatoms. The first-order valence-corrected chi connectivity index (χ1v) is 6.71. The van der Waals surface area contributed by atoms with Gasteiger partial charge < -0.3 is 10.1 Å². The van der Waals surface area contributed by atoms with Gasteiger partial charge in [0.05, 0.1) is 0 Å². The molecular formula is C16H25NO. The Balaban J connectivity index is 2.91. The van der Waals surface area contributed by atoms with E-state index >= 15 is 0 Å². The number of rotatable bonds is 7. The standard InChI is InChI=1S/C16H25NO/c1-6-10-17-14(5)15-11-12(3)8-9-16(15)18-13(4)7-2/h7-9,11,13-14,17H,2,6,10H2,1,3-5H3. The van der Waals surface area contributed by atoms with E-state index in [0.29, 0.717) is 6.04 Å². The van der Waals surface area contributed by atoms with Crippen LogP contribution in [0.5, 0.6) is 5.75 Å². The number of ether oxygens (including phenoxy) is 1. The van der Waals surface area contributed by atoms with Crippen LogP contribution in [0.1, 0.15) is 44.4 Å². The van der Waals surface area contributed by atoms with E-state index < -0.39 is 0 Å². The monoisotopic (exact) mass is 247 g/mol. The van der Waals surface area contributed by atoms with Crippen LogP contribution < -0.4 is 10.1 Å². The summed E-state index contributed by atoms with van der Waals surface area (Å²) < 4.78 is 5.89. The number of nitrogens with one attached hydrogen (secondary N) is 1. The lowest BCUT2D eigenvalue weighted by Gasteiger charge is -2.20. The van der Waals surface area contributed by atoms with E-state index in [2.05, 4.69) is 50.9 Å². The maximum absolute atomic E-state index is 5.89. The van der Waals surface area contributed by atoms with Crippen LogP contribution in [0.25, 0.3) is 0 Å². The molecule has 0 aliphatic rings. The van der Waals surface area contributed by atoms with Crippen molar-refractivity contribution in [3.63, 3.8) is 0 Å². The van der Waals surface area contributed by atoms with Gasteiger partial charge >= 0.3 is 0 Å². The summed E-state index contributed by atoms with van der Waals surface area (Å²) in [5.74, 6) is 0.948. The predicted molar refractivity (Wildman–Crippen MR) is 78.2 cm³/mol. The lowest BCUT2D eigenvalue weighted by Crippen LogP contribution is -2.21. The minimum Gasteiger partial charge on any atom is -0.486 e. The Labute approximate surface area is 111 Å². The smallest absolute Gasteiger partial charge is 0.124 e. The van der Waals surface area contributed by atoms with Crippen LogP contribution in [-0.2, 0) is 0 Å². The molecule has 2 nitrogen and oxygen atoms in total. The molecule has 1 aromatic carbocycles. The van der Waals surface area contributed by atoms with Gasteiger partial charge in [-0.25, -0.2) is 0 Å². The number of benzene rings is 1. The van der Waals surface area contributed by atoms with Gasteiger partial charge in [0, 0.05) is 11.6 Å². The maximum atomic E-state index is 5.89. The molecule has 0 saturated carbocycles. The summed E-state index contributed by atoms with van der Waals surface area (Å²) in [6, 6.07) is 6.63. The van der Waals surface area contributed by atoms with Crippen molar-refractivity contribution in [2.45, 2.75) is 46.3 Å². The van der Waals surface area contributed by atoms with Gasteiger partial charge in [-0.15, -0.1) is 0 Å². The Kier molecular flexibility index (Phi) is 5.93. The van der Waals surface area contributed by atoms with E-state index in [1.165, 1.54) is 11.1 Å². The first-order valence-electron chi connectivity index (χ1n) is 6.71. The topological polar surface area (TPSA) is 21.3 Å². The maximum Gasteiger partial charge on any atom is 0.124 e. The van der Waals surface area contributed by atoms with E-state index in [0.717, 1.165) is 18.7 Å². The fourth-order valence-electron chi connectivity index (χ4n) is 1.83. The molecule has 1 aromatic rings. The highest BCUT2D eigenvalue weighted by Gasteiger charge is 2.12. The van der Waals surface area contributed by atoms with Crippen molar-refractivity contribution >= 4 is 0 Å². The van der Waals surface area contributed by atoms with E-state index in [9.17, 15) is 0 Å². The molecular weight excluding hydrogens is 222 g/mol. The predicted octanol–water partition coefficient (Wildman–Crippen LogP) is 4.01. The second-order valence-corrected chi connectivity index (χ2v) is 4.78. The highest BCUT2D eigenvalue weighted by atomic mass is 16.5. The first-order chi connectivity index (χ1) is 8.58. The largest absolute Gasteiger partial charge is 0.486 e. The quantitative estimate of drug-likeness (QED) is 0.735. The van der Waals surface area contributed by atoms with Crippen LogP contribution in [-0.4, -0.2) is 12.6 Å². The van der Waals surface area contributed by atoms with Gasteiger partial charge in [0.15, 0.2) is 0 Å². The Bertz CT molecular complexity index is 387. The number of hydrogen-bond acceptors (Lipinski definition) is 2. The van der Waals surface area contributed by atoms with Gasteiger partial charge in [0.1, 0.15) is 11.9 Å². The summed E-state index contributed by atoms with van der Waals surface area (Å²) >= 11 is 0. The fraction of sp³-hybridized carbons (Fsp3) is 0.500. The molecule has 0 radical (unpaired) electrons. The average Bonchev–Trinajstić information content (AvgIpc) is 2.37. The Morgan fingerprint density at radius 2 is 2.11 bits per heavy atom. The van der Waals surface area contributed by atoms with Crippen LogP contribution in [0, 0.1) is 6.92 Å². The summed E-state index contributed by atoms with van der Waals surface area (Å²) in [5.41, 5.74) is 2.48. The van der Waals surface area contributed by atoms with Crippen LogP contribution in [0.15, 0.2) is 30.9 Å². The Morgan fingerprint density at radius 3 is 2.72 bits per heavy atom. The molecule has 2 atom stereocenters. The zero-order valence-corrected chi connectivity index (χ0v) is 12.0. The lowest BCUT2D eigenvalue weighted by atomic mass is 10.0. The molecule has 0 bridgehead atoms. The normalized spacial score (nSPS) is 14.0. The van der Waals surface area contributed by atoms with Gasteiger partial charge in [0.25, 0.3) is 0 Å². The van der Waals surface area contributed by atoms with Gasteiger partial charge in [-0.3, -0.25) is 0 Å². The summed E-state index contributed by atoms with van der Waals surface area (Å²) in [7, 11) is 0. The minimum atomic E-state index is 0.0323. The van der Waals surface area contributed by atoms with Crippen molar-refractivity contribution in [3.8, 4) is 5.75 Å². The molecule has 18 heavy (non-hydrogen) atoms. The van der Waals surface area contributed by atoms with Crippen molar-refractivity contribution in [2.75, 3.05) is 6.54 Å². The average molecular weight is 247 g/mol. The molecule has 1 rings (SSSR count). The zero-order chi connectivity index (χ0) is 13.5. The van der Waals surface area contributed by atoms with Crippen molar-refractivity contribution in [1.82, 2.24) is 5.32 Å². The number of hydrogen-bond donors (Lipinski definition) is 1. The summed E-state index contributed by atoms with van der Waals surface area (Å²) in [6.07, 6.45) is 2.98. The van der Waals surface area contributed by atoms with E-state index in [-0.39, 0.29) is 6.10 Å². The second-order valence-electron chi connectivity index (χ2n) is 4.78. The second kappa shape index (κ2) is 7.22. The van der Waals surface area contributed by atoms with E-state index in [1.54, 1.807) is 0 Å². The van der Waals surface area contributed by atoms with E-state index in [1.807, 2.05) is 13.0 Å². The molecule has 0 amide bonds. The van der Waals surface area contributed by atoms with Gasteiger partial charge in [-0.1, -0.05) is 37.3 Å². The molecule has 0 fully saturated rings. The Hall–Kier alpha value is -1.28. The molecule has 1 N–H and O–H groups in total. The summed E-state index contributed by atoms with van der Waals surface area (Å²) in [6.45, 7) is 13.2. The SMILES string of the molecule is C=CC(C)Oc1ccc(C)cc1C(C)NCCC. The van der Waals surface area contributed by atoms with Gasteiger partial charge in [0.2, 0.25) is 0 Å². The third-order valence-corrected chi connectivity index (χ3v) is 2.98. The molecule has 0 aliphatic heterocycles. The first kappa shape index (κ1) is 14.8. The Morgan fingerprint density at radius 1 is 1.39 bits per heavy atom. The van der Waals surface area contributed by atoms with Gasteiger partial charge in [-0.05, 0) is 39.8 Å². The van der Waals surface area contributed by atoms with Crippen LogP contribution in [0.2, 0.25) is 0 Å². The molecule has 0 aromatic heterocycles. The highest BCUT2D eigenvalue weighted by Crippen LogP contribution is 2.27. The van der Waals surface area contributed by atoms with Crippen LogP contribution in [0.4, 0.5) is 0 Å². The van der Waals surface area contributed by atoms with E-state index in [4.69, 9.17) is 4.74 Å². The third-order valence-electron chi connectivity index (χ3n) is 2.98. The molecule has 0 aliphatic carbocycles. The summed E-state index contributed by atoms with van der Waals surface area (Å²) in [5, 5.41) is 3.50. The van der Waals surface area contributed by atoms with Crippen molar-refractivity contribution in [3.05, 3.63) is 42.0 Å². The van der Waals surface area contributed by atoms with Crippen molar-refractivity contribution < 1.29 is 4.74 Å². The molecule has 0 heterocycles.